The maximum absolute atomic E-state index is 11.9. The first-order chi connectivity index (χ1) is 9.29. The molecule has 0 heterocycles. The van der Waals surface area contributed by atoms with Crippen molar-refractivity contribution < 1.29 is 18.3 Å². The van der Waals surface area contributed by atoms with Crippen molar-refractivity contribution in [1.82, 2.24) is 0 Å². The van der Waals surface area contributed by atoms with E-state index in [1.54, 1.807) is 0 Å². The van der Waals surface area contributed by atoms with Crippen LogP contribution >= 0.6 is 0 Å². The highest BCUT2D eigenvalue weighted by Gasteiger charge is 2.53. The molecule has 0 atom stereocenters. The van der Waals surface area contributed by atoms with Gasteiger partial charge in [0.15, 0.2) is 9.84 Å². The Labute approximate surface area is 118 Å². The fourth-order valence-corrected chi connectivity index (χ4v) is 4.53. The Morgan fingerprint density at radius 3 is 1.95 bits per heavy atom. The van der Waals surface area contributed by atoms with Crippen LogP contribution in [-0.2, 0) is 24.8 Å². The van der Waals surface area contributed by atoms with E-state index in [1.807, 2.05) is 24.3 Å². The number of hydrogen-bond acceptors (Lipinski definition) is 3. The van der Waals surface area contributed by atoms with Crippen molar-refractivity contribution >= 4 is 15.8 Å². The molecule has 20 heavy (non-hydrogen) atoms. The summed E-state index contributed by atoms with van der Waals surface area (Å²) in [6.07, 6.45) is 4.62. The van der Waals surface area contributed by atoms with Crippen molar-refractivity contribution in [3.63, 3.8) is 0 Å². The summed E-state index contributed by atoms with van der Waals surface area (Å²) in [6, 6.07) is 7.56. The minimum absolute atomic E-state index is 0.156. The van der Waals surface area contributed by atoms with Gasteiger partial charge in [-0.2, -0.15) is 0 Å². The van der Waals surface area contributed by atoms with Crippen LogP contribution in [0.3, 0.4) is 0 Å². The summed E-state index contributed by atoms with van der Waals surface area (Å²) in [6.45, 7) is 0. The van der Waals surface area contributed by atoms with E-state index in [4.69, 9.17) is 5.11 Å². The molecule has 1 N–H and O–H groups in total. The van der Waals surface area contributed by atoms with E-state index < -0.39 is 20.6 Å². The predicted octanol–water partition coefficient (Wildman–Crippen LogP) is 2.23. The third kappa shape index (κ3) is 2.04. The molecule has 0 spiro atoms. The van der Waals surface area contributed by atoms with Crippen LogP contribution in [0.4, 0.5) is 0 Å². The van der Waals surface area contributed by atoms with E-state index in [-0.39, 0.29) is 11.8 Å². The topological polar surface area (TPSA) is 71.4 Å². The normalized spacial score (nSPS) is 22.2. The van der Waals surface area contributed by atoms with Crippen molar-refractivity contribution in [2.45, 2.75) is 42.3 Å². The molecule has 2 saturated carbocycles. The van der Waals surface area contributed by atoms with Gasteiger partial charge in [0, 0.05) is 11.7 Å². The van der Waals surface area contributed by atoms with Crippen LogP contribution in [0.1, 0.15) is 43.2 Å². The van der Waals surface area contributed by atoms with E-state index in [0.29, 0.717) is 12.8 Å². The maximum atomic E-state index is 11.9. The fraction of sp³-hybridized carbons (Fsp3) is 0.533. The Bertz CT molecular complexity index is 650. The summed E-state index contributed by atoms with van der Waals surface area (Å²) in [7, 11) is -3.09. The van der Waals surface area contributed by atoms with Crippen molar-refractivity contribution in [3.8, 4) is 0 Å². The first-order valence-electron chi connectivity index (χ1n) is 6.82. The Kier molecular flexibility index (Phi) is 2.77. The molecule has 2 aliphatic rings. The number of sulfone groups is 1. The van der Waals surface area contributed by atoms with Gasteiger partial charge in [0.2, 0.25) is 0 Å². The Hall–Kier alpha value is -1.36. The summed E-state index contributed by atoms with van der Waals surface area (Å²) in [4.78, 5) is 10.9. The van der Waals surface area contributed by atoms with Crippen LogP contribution in [0.5, 0.6) is 0 Å². The highest BCUT2D eigenvalue weighted by atomic mass is 32.2. The van der Waals surface area contributed by atoms with Crippen LogP contribution in [0, 0.1) is 0 Å². The van der Waals surface area contributed by atoms with E-state index >= 15 is 0 Å². The lowest BCUT2D eigenvalue weighted by Crippen LogP contribution is -2.19. The first-order valence-corrected chi connectivity index (χ1v) is 8.71. The van der Waals surface area contributed by atoms with Gasteiger partial charge >= 0.3 is 5.97 Å². The zero-order valence-corrected chi connectivity index (χ0v) is 12.2. The second-order valence-electron chi connectivity index (χ2n) is 6.19. The molecule has 1 aromatic carbocycles. The average Bonchev–Trinajstić information content (AvgIpc) is 3.22. The summed E-state index contributed by atoms with van der Waals surface area (Å²) in [5.41, 5.74) is 1.65. The molecule has 0 amide bonds. The molecule has 0 bridgehead atoms. The largest absolute Gasteiger partial charge is 0.481 e. The van der Waals surface area contributed by atoms with Gasteiger partial charge in [0.1, 0.15) is 0 Å². The molecular weight excluding hydrogens is 276 g/mol. The summed E-state index contributed by atoms with van der Waals surface area (Å²) in [5, 5.41) is 8.97. The SMILES string of the molecule is CS(=O)(=O)C1(c2ccc(C3(CC(=O)O)CC3)cc2)CC1. The molecule has 2 fully saturated rings. The molecule has 0 radical (unpaired) electrons. The molecule has 4 nitrogen and oxygen atoms in total. The fourth-order valence-electron chi connectivity index (χ4n) is 3.12. The van der Waals surface area contributed by atoms with Gasteiger partial charge in [-0.3, -0.25) is 4.79 Å². The monoisotopic (exact) mass is 294 g/mol. The quantitative estimate of drug-likeness (QED) is 0.904. The van der Waals surface area contributed by atoms with Gasteiger partial charge in [-0.05, 0) is 36.8 Å². The molecule has 0 aromatic heterocycles. The minimum atomic E-state index is -3.09. The number of rotatable bonds is 5. The smallest absolute Gasteiger partial charge is 0.304 e. The Morgan fingerprint density at radius 2 is 1.60 bits per heavy atom. The van der Waals surface area contributed by atoms with Crippen molar-refractivity contribution in [1.29, 1.82) is 0 Å². The van der Waals surface area contributed by atoms with Gasteiger partial charge in [0.25, 0.3) is 0 Å². The Balaban J connectivity index is 1.88. The van der Waals surface area contributed by atoms with Crippen LogP contribution in [0.15, 0.2) is 24.3 Å². The molecular formula is C15H18O4S. The number of carboxylic acid groups (broad SMARTS) is 1. The third-order valence-corrected chi connectivity index (χ3v) is 6.84. The Morgan fingerprint density at radius 1 is 1.10 bits per heavy atom. The second kappa shape index (κ2) is 4.07. The number of benzene rings is 1. The predicted molar refractivity (Wildman–Crippen MR) is 75.4 cm³/mol. The van der Waals surface area contributed by atoms with E-state index in [2.05, 4.69) is 0 Å². The number of carboxylic acids is 1. The minimum Gasteiger partial charge on any atom is -0.481 e. The molecule has 0 saturated heterocycles. The van der Waals surface area contributed by atoms with Crippen molar-refractivity contribution in [3.05, 3.63) is 35.4 Å². The van der Waals surface area contributed by atoms with E-state index in [1.165, 1.54) is 6.26 Å². The van der Waals surface area contributed by atoms with Gasteiger partial charge in [-0.1, -0.05) is 24.3 Å². The zero-order valence-electron chi connectivity index (χ0n) is 11.4. The standard InChI is InChI=1S/C15H18O4S/c1-20(18,19)15(8-9-15)12-4-2-11(3-5-12)14(6-7-14)10-13(16)17/h2-5H,6-10H2,1H3,(H,16,17). The van der Waals surface area contributed by atoms with Crippen LogP contribution in [0.25, 0.3) is 0 Å². The lowest BCUT2D eigenvalue weighted by atomic mass is 9.91. The molecule has 0 unspecified atom stereocenters. The van der Waals surface area contributed by atoms with Gasteiger partial charge in [0.05, 0.1) is 11.2 Å². The third-order valence-electron chi connectivity index (χ3n) is 4.78. The molecule has 3 rings (SSSR count). The van der Waals surface area contributed by atoms with Gasteiger partial charge in [-0.25, -0.2) is 8.42 Å². The second-order valence-corrected chi connectivity index (χ2v) is 8.52. The molecule has 2 aliphatic carbocycles. The van der Waals surface area contributed by atoms with Crippen LogP contribution in [-0.4, -0.2) is 25.7 Å². The summed E-state index contributed by atoms with van der Waals surface area (Å²) >= 11 is 0. The first kappa shape index (κ1) is 13.6. The lowest BCUT2D eigenvalue weighted by Gasteiger charge is -2.17. The zero-order chi connectivity index (χ0) is 14.6. The van der Waals surface area contributed by atoms with Gasteiger partial charge < -0.3 is 5.11 Å². The number of carbonyl (C=O) groups is 1. The highest BCUT2D eigenvalue weighted by molar-refractivity contribution is 7.92. The van der Waals surface area contributed by atoms with Crippen LogP contribution in [0.2, 0.25) is 0 Å². The van der Waals surface area contributed by atoms with E-state index in [0.717, 1.165) is 24.0 Å². The van der Waals surface area contributed by atoms with Crippen LogP contribution < -0.4 is 0 Å². The lowest BCUT2D eigenvalue weighted by molar-refractivity contribution is -0.137. The molecule has 1 aromatic rings. The number of hydrogen-bond donors (Lipinski definition) is 1. The summed E-state index contributed by atoms with van der Waals surface area (Å²) < 4.78 is 23.1. The van der Waals surface area contributed by atoms with Crippen molar-refractivity contribution in [2.75, 3.05) is 6.26 Å². The molecule has 0 aliphatic heterocycles. The molecule has 108 valence electrons. The van der Waals surface area contributed by atoms with Crippen molar-refractivity contribution in [2.24, 2.45) is 0 Å². The highest BCUT2D eigenvalue weighted by Crippen LogP contribution is 2.54. The molecule has 5 heteroatoms. The van der Waals surface area contributed by atoms with Gasteiger partial charge in [-0.15, -0.1) is 0 Å². The average molecular weight is 294 g/mol. The number of aliphatic carboxylic acids is 1. The maximum Gasteiger partial charge on any atom is 0.304 e. The van der Waals surface area contributed by atoms with E-state index in [9.17, 15) is 13.2 Å². The summed E-state index contributed by atoms with van der Waals surface area (Å²) in [5.74, 6) is -0.777.